The fourth-order valence-electron chi connectivity index (χ4n) is 2.76. The van der Waals surface area contributed by atoms with Crippen molar-refractivity contribution in [3.8, 4) is 0 Å². The summed E-state index contributed by atoms with van der Waals surface area (Å²) < 4.78 is 10.8. The first-order chi connectivity index (χ1) is 11.0. The van der Waals surface area contributed by atoms with Crippen molar-refractivity contribution in [3.63, 3.8) is 0 Å². The van der Waals surface area contributed by atoms with E-state index < -0.39 is 5.97 Å². The Hall–Kier alpha value is -1.84. The van der Waals surface area contributed by atoms with Crippen LogP contribution in [0, 0.1) is 11.8 Å². The number of hydrogen-bond acceptors (Lipinski definition) is 4. The Morgan fingerprint density at radius 1 is 1.13 bits per heavy atom. The Labute approximate surface area is 138 Å². The zero-order chi connectivity index (χ0) is 16.8. The van der Waals surface area contributed by atoms with Gasteiger partial charge in [0.25, 0.3) is 0 Å². The first kappa shape index (κ1) is 17.5. The largest absolute Gasteiger partial charge is 0.462 e. The van der Waals surface area contributed by atoms with Crippen LogP contribution in [0.25, 0.3) is 0 Å². The lowest BCUT2D eigenvalue weighted by molar-refractivity contribution is 0.00481. The van der Waals surface area contributed by atoms with Crippen molar-refractivity contribution in [2.45, 2.75) is 52.6 Å². The van der Waals surface area contributed by atoms with Gasteiger partial charge in [0.1, 0.15) is 6.10 Å². The van der Waals surface area contributed by atoms with E-state index in [0.717, 1.165) is 19.3 Å². The fraction of sp³-hybridized carbons (Fsp3) is 0.579. The molecule has 2 unspecified atom stereocenters. The molecule has 0 aromatic heterocycles. The average molecular weight is 318 g/mol. The highest BCUT2D eigenvalue weighted by Crippen LogP contribution is 2.27. The second kappa shape index (κ2) is 8.14. The molecule has 0 bridgehead atoms. The summed E-state index contributed by atoms with van der Waals surface area (Å²) in [6.45, 7) is 6.45. The van der Waals surface area contributed by atoms with Crippen LogP contribution in [0.4, 0.5) is 0 Å². The van der Waals surface area contributed by atoms with Gasteiger partial charge in [-0.1, -0.05) is 33.3 Å². The molecule has 1 saturated carbocycles. The molecule has 1 aromatic rings. The van der Waals surface area contributed by atoms with E-state index in [2.05, 4.69) is 6.92 Å². The van der Waals surface area contributed by atoms with E-state index in [-0.39, 0.29) is 18.0 Å². The molecule has 4 heteroatoms. The van der Waals surface area contributed by atoms with Crippen LogP contribution in [0.5, 0.6) is 0 Å². The molecule has 0 amide bonds. The van der Waals surface area contributed by atoms with E-state index in [1.54, 1.807) is 24.3 Å². The molecular weight excluding hydrogens is 292 g/mol. The zero-order valence-electron chi connectivity index (χ0n) is 14.2. The number of rotatable bonds is 5. The van der Waals surface area contributed by atoms with E-state index in [1.807, 2.05) is 13.8 Å². The van der Waals surface area contributed by atoms with E-state index in [0.29, 0.717) is 23.7 Å². The molecule has 126 valence electrons. The lowest BCUT2D eigenvalue weighted by Gasteiger charge is -2.28. The minimum absolute atomic E-state index is 0.0206. The maximum absolute atomic E-state index is 12.3. The highest BCUT2D eigenvalue weighted by atomic mass is 16.5. The third-order valence-electron chi connectivity index (χ3n) is 4.17. The van der Waals surface area contributed by atoms with Crippen LogP contribution in [0.1, 0.15) is 67.2 Å². The molecule has 1 aliphatic rings. The summed E-state index contributed by atoms with van der Waals surface area (Å²) in [5.41, 5.74) is 0.790. The van der Waals surface area contributed by atoms with Gasteiger partial charge in [-0.3, -0.25) is 0 Å². The van der Waals surface area contributed by atoms with Crippen molar-refractivity contribution in [1.29, 1.82) is 0 Å². The number of carbonyl (C=O) groups excluding carboxylic acids is 2. The van der Waals surface area contributed by atoms with Crippen LogP contribution in [0.3, 0.4) is 0 Å². The summed E-state index contributed by atoms with van der Waals surface area (Å²) in [6, 6.07) is 6.57. The third kappa shape index (κ3) is 5.08. The number of esters is 2. The Morgan fingerprint density at radius 2 is 1.78 bits per heavy atom. The molecular formula is C19H26O4. The smallest absolute Gasteiger partial charge is 0.338 e. The topological polar surface area (TPSA) is 52.6 Å². The second-order valence-corrected chi connectivity index (χ2v) is 6.78. The minimum Gasteiger partial charge on any atom is -0.462 e. The van der Waals surface area contributed by atoms with Gasteiger partial charge in [0, 0.05) is 0 Å². The zero-order valence-corrected chi connectivity index (χ0v) is 14.2. The molecule has 0 aliphatic heterocycles. The first-order valence-electron chi connectivity index (χ1n) is 8.45. The number of ether oxygens (including phenoxy) is 2. The van der Waals surface area contributed by atoms with Gasteiger partial charge in [-0.25, -0.2) is 9.59 Å². The highest BCUT2D eigenvalue weighted by Gasteiger charge is 2.25. The summed E-state index contributed by atoms with van der Waals surface area (Å²) in [7, 11) is 0. The Balaban J connectivity index is 2.00. The Bertz CT molecular complexity index is 550. The molecule has 1 aliphatic carbocycles. The lowest BCUT2D eigenvalue weighted by atomic mass is 9.88. The van der Waals surface area contributed by atoms with Crippen LogP contribution in [0.2, 0.25) is 0 Å². The van der Waals surface area contributed by atoms with Gasteiger partial charge >= 0.3 is 11.9 Å². The van der Waals surface area contributed by atoms with Crippen molar-refractivity contribution in [3.05, 3.63) is 35.4 Å². The maximum Gasteiger partial charge on any atom is 0.338 e. The van der Waals surface area contributed by atoms with Gasteiger partial charge < -0.3 is 9.47 Å². The third-order valence-corrected chi connectivity index (χ3v) is 4.17. The molecule has 1 fully saturated rings. The quantitative estimate of drug-likeness (QED) is 0.762. The van der Waals surface area contributed by atoms with Gasteiger partial charge in [-0.15, -0.1) is 0 Å². The summed E-state index contributed by atoms with van der Waals surface area (Å²) >= 11 is 0. The van der Waals surface area contributed by atoms with E-state index >= 15 is 0 Å². The Morgan fingerprint density at radius 3 is 2.43 bits per heavy atom. The first-order valence-corrected chi connectivity index (χ1v) is 8.45. The van der Waals surface area contributed by atoms with E-state index in [9.17, 15) is 9.59 Å². The van der Waals surface area contributed by atoms with E-state index in [4.69, 9.17) is 9.47 Å². The van der Waals surface area contributed by atoms with Crippen molar-refractivity contribution < 1.29 is 19.1 Å². The van der Waals surface area contributed by atoms with Crippen molar-refractivity contribution in [1.82, 2.24) is 0 Å². The SMILES string of the molecule is CC(C)COC(=O)c1cccc(C(=O)OC2CCCCC2C)c1. The molecule has 0 N–H and O–H groups in total. The van der Waals surface area contributed by atoms with E-state index in [1.165, 1.54) is 6.42 Å². The normalized spacial score (nSPS) is 21.0. The van der Waals surface area contributed by atoms with Crippen LogP contribution >= 0.6 is 0 Å². The molecule has 0 spiro atoms. The summed E-state index contributed by atoms with van der Waals surface area (Å²) in [5.74, 6) is -0.0894. The molecule has 0 heterocycles. The van der Waals surface area contributed by atoms with Crippen LogP contribution in [-0.4, -0.2) is 24.6 Å². The van der Waals surface area contributed by atoms with Gasteiger partial charge in [0.05, 0.1) is 17.7 Å². The standard InChI is InChI=1S/C19H26O4/c1-13(2)12-22-18(20)15-8-6-9-16(11-15)19(21)23-17-10-5-4-7-14(17)3/h6,8-9,11,13-14,17H,4-5,7,10,12H2,1-3H3. The summed E-state index contributed by atoms with van der Waals surface area (Å²) in [4.78, 5) is 24.3. The molecule has 0 saturated heterocycles. The van der Waals surface area contributed by atoms with Gasteiger partial charge in [0.2, 0.25) is 0 Å². The molecule has 0 radical (unpaired) electrons. The molecule has 2 atom stereocenters. The number of hydrogen-bond donors (Lipinski definition) is 0. The molecule has 2 rings (SSSR count). The van der Waals surface area contributed by atoms with Gasteiger partial charge in [-0.05, 0) is 49.3 Å². The monoisotopic (exact) mass is 318 g/mol. The Kier molecular flexibility index (Phi) is 6.20. The predicted octanol–water partition coefficient (Wildman–Crippen LogP) is 4.23. The number of benzene rings is 1. The van der Waals surface area contributed by atoms with Crippen molar-refractivity contribution in [2.75, 3.05) is 6.61 Å². The number of carbonyl (C=O) groups is 2. The van der Waals surface area contributed by atoms with Gasteiger partial charge in [-0.2, -0.15) is 0 Å². The fourth-order valence-corrected chi connectivity index (χ4v) is 2.76. The maximum atomic E-state index is 12.3. The summed E-state index contributed by atoms with van der Waals surface area (Å²) in [6.07, 6.45) is 4.30. The average Bonchev–Trinajstić information content (AvgIpc) is 2.54. The van der Waals surface area contributed by atoms with Crippen LogP contribution in [0.15, 0.2) is 24.3 Å². The van der Waals surface area contributed by atoms with Crippen molar-refractivity contribution in [2.24, 2.45) is 11.8 Å². The highest BCUT2D eigenvalue weighted by molar-refractivity contribution is 5.95. The van der Waals surface area contributed by atoms with Crippen LogP contribution < -0.4 is 0 Å². The minimum atomic E-state index is -0.403. The van der Waals surface area contributed by atoms with Gasteiger partial charge in [0.15, 0.2) is 0 Å². The predicted molar refractivity (Wildman–Crippen MR) is 88.4 cm³/mol. The summed E-state index contributed by atoms with van der Waals surface area (Å²) in [5, 5.41) is 0. The molecule has 4 nitrogen and oxygen atoms in total. The van der Waals surface area contributed by atoms with Crippen LogP contribution in [-0.2, 0) is 9.47 Å². The molecule has 23 heavy (non-hydrogen) atoms. The lowest BCUT2D eigenvalue weighted by Crippen LogP contribution is -2.28. The second-order valence-electron chi connectivity index (χ2n) is 6.78. The van der Waals surface area contributed by atoms with Crippen molar-refractivity contribution >= 4 is 11.9 Å². The molecule has 1 aromatic carbocycles.